The highest BCUT2D eigenvalue weighted by atomic mass is 35.5. The lowest BCUT2D eigenvalue weighted by atomic mass is 9.90. The van der Waals surface area contributed by atoms with Gasteiger partial charge in [-0.1, -0.05) is 0 Å². The zero-order valence-electron chi connectivity index (χ0n) is 8.39. The lowest BCUT2D eigenvalue weighted by molar-refractivity contribution is 0.0951. The lowest BCUT2D eigenvalue weighted by Gasteiger charge is -2.32. The molecule has 86 valence electrons. The highest BCUT2D eigenvalue weighted by Crippen LogP contribution is 2.25. The van der Waals surface area contributed by atoms with Crippen molar-refractivity contribution in [2.45, 2.75) is 25.0 Å². The molecule has 1 aromatic heterocycles. The van der Waals surface area contributed by atoms with Crippen LogP contribution in [0.3, 0.4) is 0 Å². The van der Waals surface area contributed by atoms with E-state index in [0.717, 1.165) is 12.8 Å². The predicted molar refractivity (Wildman–Crippen MR) is 57.8 cm³/mol. The van der Waals surface area contributed by atoms with Gasteiger partial charge in [0.25, 0.3) is 5.95 Å². The third-order valence-corrected chi connectivity index (χ3v) is 2.35. The standard InChI is InChI=1S/C10H10FN3O.ClH/c11-10-9(2-1-7(5-12)14-10)15-8-3-6(13)4-8;/h1-2,6,8H,3-4,13H2;1H. The monoisotopic (exact) mass is 243 g/mol. The molecule has 0 aliphatic heterocycles. The molecule has 1 saturated carbocycles. The Morgan fingerprint density at radius 2 is 2.19 bits per heavy atom. The van der Waals surface area contributed by atoms with Crippen LogP contribution in [0.25, 0.3) is 0 Å². The molecule has 2 N–H and O–H groups in total. The summed E-state index contributed by atoms with van der Waals surface area (Å²) in [7, 11) is 0. The summed E-state index contributed by atoms with van der Waals surface area (Å²) in [6.45, 7) is 0. The summed E-state index contributed by atoms with van der Waals surface area (Å²) in [6, 6.07) is 4.76. The Morgan fingerprint density at radius 1 is 1.50 bits per heavy atom. The largest absolute Gasteiger partial charge is 0.486 e. The van der Waals surface area contributed by atoms with Crippen LogP contribution in [0.4, 0.5) is 4.39 Å². The van der Waals surface area contributed by atoms with Crippen molar-refractivity contribution < 1.29 is 9.13 Å². The molecule has 0 radical (unpaired) electrons. The van der Waals surface area contributed by atoms with Crippen molar-refractivity contribution in [2.75, 3.05) is 0 Å². The van der Waals surface area contributed by atoms with Gasteiger partial charge in [-0.3, -0.25) is 0 Å². The molecule has 0 saturated heterocycles. The van der Waals surface area contributed by atoms with Gasteiger partial charge >= 0.3 is 0 Å². The van der Waals surface area contributed by atoms with E-state index in [1.54, 1.807) is 6.07 Å². The second-order valence-electron chi connectivity index (χ2n) is 3.57. The van der Waals surface area contributed by atoms with Gasteiger partial charge in [0.2, 0.25) is 0 Å². The molecule has 4 nitrogen and oxygen atoms in total. The van der Waals surface area contributed by atoms with Gasteiger partial charge in [-0.25, -0.2) is 4.98 Å². The number of ether oxygens (including phenoxy) is 1. The van der Waals surface area contributed by atoms with E-state index in [1.807, 2.05) is 0 Å². The van der Waals surface area contributed by atoms with Crippen LogP contribution in [0, 0.1) is 17.3 Å². The molecule has 0 amide bonds. The predicted octanol–water partition coefficient (Wildman–Crippen LogP) is 1.38. The Morgan fingerprint density at radius 3 is 2.69 bits per heavy atom. The first-order valence-electron chi connectivity index (χ1n) is 4.68. The zero-order chi connectivity index (χ0) is 10.8. The molecule has 1 fully saturated rings. The Hall–Kier alpha value is -1.38. The summed E-state index contributed by atoms with van der Waals surface area (Å²) < 4.78 is 18.6. The van der Waals surface area contributed by atoms with Crippen molar-refractivity contribution in [1.29, 1.82) is 5.26 Å². The SMILES string of the molecule is Cl.N#Cc1ccc(OC2CC(N)C2)c(F)n1. The summed E-state index contributed by atoms with van der Waals surface area (Å²) in [5, 5.41) is 8.49. The number of pyridine rings is 1. The molecule has 6 heteroatoms. The van der Waals surface area contributed by atoms with Crippen LogP contribution in [0.1, 0.15) is 18.5 Å². The Bertz CT molecular complexity index is 415. The van der Waals surface area contributed by atoms with E-state index in [-0.39, 0.29) is 36.0 Å². The smallest absolute Gasteiger partial charge is 0.256 e. The number of nitrogens with zero attached hydrogens (tertiary/aromatic N) is 2. The van der Waals surface area contributed by atoms with Crippen LogP contribution < -0.4 is 10.5 Å². The summed E-state index contributed by atoms with van der Waals surface area (Å²) >= 11 is 0. The van der Waals surface area contributed by atoms with Gasteiger partial charge in [0.15, 0.2) is 5.75 Å². The molecule has 0 bridgehead atoms. The Kier molecular flexibility index (Phi) is 4.05. The van der Waals surface area contributed by atoms with Crippen LogP contribution in [0.15, 0.2) is 12.1 Å². The summed E-state index contributed by atoms with van der Waals surface area (Å²) in [5.74, 6) is -0.652. The van der Waals surface area contributed by atoms with Crippen LogP contribution in [-0.4, -0.2) is 17.1 Å². The molecule has 16 heavy (non-hydrogen) atoms. The maximum Gasteiger partial charge on any atom is 0.256 e. The second kappa shape index (κ2) is 5.10. The first kappa shape index (κ1) is 12.7. The third kappa shape index (κ3) is 2.60. The second-order valence-corrected chi connectivity index (χ2v) is 3.57. The third-order valence-electron chi connectivity index (χ3n) is 2.35. The molecule has 0 aromatic carbocycles. The van der Waals surface area contributed by atoms with Crippen LogP contribution in [0.5, 0.6) is 5.75 Å². The number of aromatic nitrogens is 1. The molecule has 1 heterocycles. The normalized spacial score (nSPS) is 22.6. The summed E-state index contributed by atoms with van der Waals surface area (Å²) in [6.07, 6.45) is 1.45. The minimum atomic E-state index is -0.741. The fourth-order valence-corrected chi connectivity index (χ4v) is 1.45. The number of hydrogen-bond acceptors (Lipinski definition) is 4. The average molecular weight is 244 g/mol. The molecule has 0 unspecified atom stereocenters. The van der Waals surface area contributed by atoms with Crippen molar-refractivity contribution >= 4 is 12.4 Å². The summed E-state index contributed by atoms with van der Waals surface area (Å²) in [4.78, 5) is 3.44. The topological polar surface area (TPSA) is 71.9 Å². The molecule has 0 atom stereocenters. The van der Waals surface area contributed by atoms with E-state index >= 15 is 0 Å². The van der Waals surface area contributed by atoms with E-state index in [4.69, 9.17) is 15.7 Å². The molecule has 1 aliphatic rings. The van der Waals surface area contributed by atoms with Crippen molar-refractivity contribution in [2.24, 2.45) is 5.73 Å². The van der Waals surface area contributed by atoms with Gasteiger partial charge in [-0.05, 0) is 25.0 Å². The van der Waals surface area contributed by atoms with E-state index in [0.29, 0.717) is 0 Å². The lowest BCUT2D eigenvalue weighted by Crippen LogP contribution is -2.43. The van der Waals surface area contributed by atoms with Gasteiger partial charge in [-0.15, -0.1) is 12.4 Å². The Labute approximate surface area is 98.6 Å². The van der Waals surface area contributed by atoms with E-state index in [2.05, 4.69) is 4.98 Å². The van der Waals surface area contributed by atoms with Crippen molar-refractivity contribution in [1.82, 2.24) is 4.98 Å². The number of hydrogen-bond donors (Lipinski definition) is 1. The van der Waals surface area contributed by atoms with Gasteiger partial charge in [0.1, 0.15) is 17.9 Å². The first-order valence-corrected chi connectivity index (χ1v) is 4.68. The average Bonchev–Trinajstić information content (AvgIpc) is 2.18. The molecular formula is C10H11ClFN3O. The van der Waals surface area contributed by atoms with Crippen LogP contribution in [0.2, 0.25) is 0 Å². The Balaban J connectivity index is 0.00000128. The zero-order valence-corrected chi connectivity index (χ0v) is 9.21. The number of nitrogens with two attached hydrogens (primary N) is 1. The fraction of sp³-hybridized carbons (Fsp3) is 0.400. The molecular weight excluding hydrogens is 233 g/mol. The highest BCUT2D eigenvalue weighted by molar-refractivity contribution is 5.85. The fourth-order valence-electron chi connectivity index (χ4n) is 1.45. The molecule has 2 rings (SSSR count). The van der Waals surface area contributed by atoms with Gasteiger partial charge in [-0.2, -0.15) is 9.65 Å². The summed E-state index contributed by atoms with van der Waals surface area (Å²) in [5.41, 5.74) is 5.62. The maximum atomic E-state index is 13.2. The molecule has 1 aromatic rings. The quantitative estimate of drug-likeness (QED) is 0.797. The van der Waals surface area contributed by atoms with Gasteiger partial charge in [0.05, 0.1) is 0 Å². The minimum absolute atomic E-state index is 0. The first-order chi connectivity index (χ1) is 7.19. The van der Waals surface area contributed by atoms with E-state index in [9.17, 15) is 4.39 Å². The van der Waals surface area contributed by atoms with Crippen molar-refractivity contribution in [3.8, 4) is 11.8 Å². The van der Waals surface area contributed by atoms with Gasteiger partial charge < -0.3 is 10.5 Å². The molecule has 1 aliphatic carbocycles. The van der Waals surface area contributed by atoms with Crippen LogP contribution in [-0.2, 0) is 0 Å². The number of halogens is 2. The van der Waals surface area contributed by atoms with Crippen LogP contribution >= 0.6 is 12.4 Å². The highest BCUT2D eigenvalue weighted by Gasteiger charge is 2.28. The number of rotatable bonds is 2. The number of nitriles is 1. The molecule has 0 spiro atoms. The van der Waals surface area contributed by atoms with Crippen molar-refractivity contribution in [3.63, 3.8) is 0 Å². The van der Waals surface area contributed by atoms with E-state index in [1.165, 1.54) is 12.1 Å². The van der Waals surface area contributed by atoms with E-state index < -0.39 is 5.95 Å². The van der Waals surface area contributed by atoms with Gasteiger partial charge in [0, 0.05) is 6.04 Å². The minimum Gasteiger partial charge on any atom is -0.486 e. The maximum absolute atomic E-state index is 13.2. The van der Waals surface area contributed by atoms with Crippen molar-refractivity contribution in [3.05, 3.63) is 23.8 Å².